The third kappa shape index (κ3) is 25.4. The summed E-state index contributed by atoms with van der Waals surface area (Å²) in [6.07, 6.45) is 5.46. The summed E-state index contributed by atoms with van der Waals surface area (Å²) < 4.78 is 0. The molecule has 21 N–H and O–H groups in total. The van der Waals surface area contributed by atoms with Crippen molar-refractivity contribution in [3.05, 3.63) is 0 Å². The summed E-state index contributed by atoms with van der Waals surface area (Å²) >= 11 is 0. The second-order valence-electron chi connectivity index (χ2n) is 17.3. The number of unbranched alkanes of at least 4 members (excludes halogenated alkanes) is 5. The highest BCUT2D eigenvalue weighted by Crippen LogP contribution is 2.19. The number of aliphatic carboxylic acids is 2. The number of amides is 8. The number of hydrogen-bond acceptors (Lipinski definition) is 16. The first-order valence-electron chi connectivity index (χ1n) is 24.5. The van der Waals surface area contributed by atoms with Crippen LogP contribution in [0, 0.1) is 0 Å². The van der Waals surface area contributed by atoms with Crippen molar-refractivity contribution < 1.29 is 58.2 Å². The number of rotatable bonds is 39. The van der Waals surface area contributed by atoms with Gasteiger partial charge in [0.05, 0.1) is 12.6 Å². The average Bonchev–Trinajstić information content (AvgIpc) is 3.83. The fourth-order valence-corrected chi connectivity index (χ4v) is 7.60. The lowest BCUT2D eigenvalue weighted by Gasteiger charge is -2.28. The molecular weight excluding hydrogens is 917 g/mol. The van der Waals surface area contributed by atoms with Gasteiger partial charge in [-0.3, -0.25) is 47.9 Å². The molecule has 26 heteroatoms. The van der Waals surface area contributed by atoms with Gasteiger partial charge >= 0.3 is 11.9 Å². The number of hydrogen-bond donors (Lipinski definition) is 15. The first-order valence-corrected chi connectivity index (χ1v) is 24.5. The summed E-state index contributed by atoms with van der Waals surface area (Å²) in [6, 6.07) is -8.14. The highest BCUT2D eigenvalue weighted by molar-refractivity contribution is 5.97. The predicted molar refractivity (Wildman–Crippen MR) is 257 cm³/mol. The molecule has 400 valence electrons. The monoisotopic (exact) mass is 999 g/mol. The number of carbonyl (C=O) groups is 10. The average molecular weight is 999 g/mol. The Morgan fingerprint density at radius 2 is 0.829 bits per heavy atom. The molecule has 26 nitrogen and oxygen atoms in total. The molecule has 0 aliphatic carbocycles. The normalized spacial score (nSPS) is 15.8. The fourth-order valence-electron chi connectivity index (χ4n) is 7.60. The van der Waals surface area contributed by atoms with Crippen molar-refractivity contribution in [3.8, 4) is 0 Å². The highest BCUT2D eigenvalue weighted by atomic mass is 16.4. The molecule has 0 radical (unpaired) electrons. The number of nitrogens with zero attached hydrogens (tertiary/aromatic N) is 1. The van der Waals surface area contributed by atoms with Crippen molar-refractivity contribution in [1.82, 2.24) is 42.1 Å². The predicted octanol–water partition coefficient (Wildman–Crippen LogP) is -4.44. The zero-order chi connectivity index (χ0) is 52.4. The van der Waals surface area contributed by atoms with E-state index in [0.29, 0.717) is 96.7 Å². The van der Waals surface area contributed by atoms with Gasteiger partial charge in [-0.1, -0.05) is 6.42 Å². The van der Waals surface area contributed by atoms with Gasteiger partial charge in [-0.2, -0.15) is 0 Å². The van der Waals surface area contributed by atoms with Gasteiger partial charge in [0.1, 0.15) is 42.8 Å². The van der Waals surface area contributed by atoms with E-state index in [2.05, 4.69) is 37.2 Å². The Bertz CT molecular complexity index is 1680. The Morgan fingerprint density at radius 1 is 0.457 bits per heavy atom. The number of carbonyl (C=O) groups excluding carboxylic acids is 8. The summed E-state index contributed by atoms with van der Waals surface area (Å²) in [4.78, 5) is 132. The molecule has 0 unspecified atom stereocenters. The molecule has 0 saturated carbocycles. The first-order chi connectivity index (χ1) is 33.4. The number of nitrogens with one attached hydrogen (secondary N) is 7. The summed E-state index contributed by atoms with van der Waals surface area (Å²) in [5.74, 6) is -8.40. The lowest BCUT2D eigenvalue weighted by Crippen LogP contribution is -2.58. The van der Waals surface area contributed by atoms with Crippen molar-refractivity contribution in [1.29, 1.82) is 0 Å². The van der Waals surface area contributed by atoms with Crippen molar-refractivity contribution in [2.45, 2.75) is 164 Å². The molecule has 7 atom stereocenters. The highest BCUT2D eigenvalue weighted by Gasteiger charge is 2.37. The molecule has 0 aromatic carbocycles. The van der Waals surface area contributed by atoms with Crippen LogP contribution in [0.25, 0.3) is 0 Å². The van der Waals surface area contributed by atoms with Gasteiger partial charge in [0.15, 0.2) is 0 Å². The van der Waals surface area contributed by atoms with E-state index in [9.17, 15) is 53.1 Å². The van der Waals surface area contributed by atoms with Gasteiger partial charge in [-0.05, 0) is 142 Å². The van der Waals surface area contributed by atoms with Crippen LogP contribution < -0.4 is 71.6 Å². The quantitative estimate of drug-likeness (QED) is 0.0258. The smallest absolute Gasteiger partial charge is 0.322 e. The molecule has 0 bridgehead atoms. The summed E-state index contributed by atoms with van der Waals surface area (Å²) in [6.45, 7) is 0.516. The van der Waals surface area contributed by atoms with E-state index in [1.807, 2.05) is 0 Å². The Kier molecular flexibility index (Phi) is 32.5. The second-order valence-corrected chi connectivity index (χ2v) is 17.3. The molecular formula is C44H82N14O12. The molecule has 8 amide bonds. The zero-order valence-corrected chi connectivity index (χ0v) is 40.5. The third-order valence-electron chi connectivity index (χ3n) is 11.6. The van der Waals surface area contributed by atoms with Gasteiger partial charge in [0, 0.05) is 13.0 Å². The Morgan fingerprint density at radius 3 is 1.24 bits per heavy atom. The van der Waals surface area contributed by atoms with E-state index in [1.165, 1.54) is 4.90 Å². The lowest BCUT2D eigenvalue weighted by atomic mass is 10.0. The maximum Gasteiger partial charge on any atom is 0.322 e. The van der Waals surface area contributed by atoms with Gasteiger partial charge < -0.3 is 86.7 Å². The molecule has 70 heavy (non-hydrogen) atoms. The number of carboxylic acids is 2. The molecule has 1 aliphatic rings. The zero-order valence-electron chi connectivity index (χ0n) is 40.5. The van der Waals surface area contributed by atoms with E-state index in [-0.39, 0.29) is 51.7 Å². The molecule has 0 aromatic heterocycles. The standard InChI is InChI=1S/C44H82N14O12/c45-20-6-1-12-28(50)38(64)53-31(15-4-9-23-48)41(67)54-29(13-2-7-21-46)39(65)51-26-35(59)58-25-11-17-34(58)44(70)57-32(16-5-10-24-49)42(68)56-33(18-19-36(60)61)43(69)55-30(14-3-8-22-47)40(66)52-27-37(62)63/h28-34H,1-27,45-50H2,(H,51,65)(H,52,66)(H,53,64)(H,54,67)(H,55,69)(H,56,68)(H,57,70)(H,60,61)(H,62,63)/t28-,29-,30-,31-,32-,33-,34-/m0/s1. The van der Waals surface area contributed by atoms with Crippen molar-refractivity contribution in [3.63, 3.8) is 0 Å². The molecule has 0 aromatic rings. The summed E-state index contributed by atoms with van der Waals surface area (Å²) in [5, 5.41) is 36.3. The van der Waals surface area contributed by atoms with Crippen LogP contribution in [0.1, 0.15) is 122 Å². The largest absolute Gasteiger partial charge is 0.481 e. The summed E-state index contributed by atoms with van der Waals surface area (Å²) in [7, 11) is 0. The number of carboxylic acid groups (broad SMARTS) is 2. The van der Waals surface area contributed by atoms with Crippen LogP contribution in [0.5, 0.6) is 0 Å². The molecule has 1 fully saturated rings. The maximum absolute atomic E-state index is 13.9. The van der Waals surface area contributed by atoms with Crippen molar-refractivity contribution in [2.75, 3.05) is 52.4 Å². The van der Waals surface area contributed by atoms with E-state index in [0.717, 1.165) is 0 Å². The third-order valence-corrected chi connectivity index (χ3v) is 11.6. The molecule has 1 heterocycles. The SMILES string of the molecule is NCCCC[C@H](NC(=O)[C@H](CCC(=O)O)NC(=O)[C@H](CCCCN)NC(=O)[C@@H]1CCCN1C(=O)CNC(=O)[C@H](CCCCN)NC(=O)[C@H](CCCCN)NC(=O)[C@@H](N)CCCCN)C(=O)NCC(=O)O. The van der Waals surface area contributed by atoms with Gasteiger partial charge in [0.25, 0.3) is 0 Å². The lowest BCUT2D eigenvalue weighted by molar-refractivity contribution is -0.140. The molecule has 1 saturated heterocycles. The summed E-state index contributed by atoms with van der Waals surface area (Å²) in [5.41, 5.74) is 34.2. The van der Waals surface area contributed by atoms with Gasteiger partial charge in [-0.25, -0.2) is 0 Å². The van der Waals surface area contributed by atoms with Crippen LogP contribution in [0.2, 0.25) is 0 Å². The van der Waals surface area contributed by atoms with Crippen LogP contribution in [0.15, 0.2) is 0 Å². The first kappa shape index (κ1) is 62.5. The molecule has 1 aliphatic heterocycles. The van der Waals surface area contributed by atoms with Gasteiger partial charge in [-0.15, -0.1) is 0 Å². The van der Waals surface area contributed by atoms with Crippen LogP contribution >= 0.6 is 0 Å². The fraction of sp³-hybridized carbons (Fsp3) is 0.773. The maximum atomic E-state index is 13.9. The van der Waals surface area contributed by atoms with E-state index >= 15 is 0 Å². The van der Waals surface area contributed by atoms with Crippen LogP contribution in [0.3, 0.4) is 0 Å². The minimum Gasteiger partial charge on any atom is -0.481 e. The van der Waals surface area contributed by atoms with E-state index < -0.39 is 127 Å². The minimum absolute atomic E-state index is 0.0362. The second kappa shape index (κ2) is 36.4. The van der Waals surface area contributed by atoms with Gasteiger partial charge in [0.2, 0.25) is 47.3 Å². The minimum atomic E-state index is -1.51. The Balaban J connectivity index is 3.21. The van der Waals surface area contributed by atoms with E-state index in [1.54, 1.807) is 0 Å². The van der Waals surface area contributed by atoms with Crippen molar-refractivity contribution >= 4 is 59.2 Å². The molecule has 0 spiro atoms. The molecule has 1 rings (SSSR count). The topological polar surface area (TPSA) is 455 Å². The number of likely N-dealkylation sites (tertiary alicyclic amines) is 1. The van der Waals surface area contributed by atoms with Crippen LogP contribution in [-0.4, -0.2) is 169 Å². The Hall–Kier alpha value is -5.54. The van der Waals surface area contributed by atoms with E-state index in [4.69, 9.17) is 39.5 Å². The van der Waals surface area contributed by atoms with Crippen LogP contribution in [-0.2, 0) is 47.9 Å². The Labute approximate surface area is 409 Å². The number of nitrogens with two attached hydrogens (primary N) is 6. The van der Waals surface area contributed by atoms with Crippen LogP contribution in [0.4, 0.5) is 0 Å². The van der Waals surface area contributed by atoms with Crippen molar-refractivity contribution in [2.24, 2.45) is 34.4 Å².